The number of rotatable bonds is 1. The van der Waals surface area contributed by atoms with E-state index in [0.29, 0.717) is 5.92 Å². The molecule has 4 rings (SSSR count). The number of pyridine rings is 1. The minimum atomic E-state index is 0.456. The van der Waals surface area contributed by atoms with E-state index in [0.717, 1.165) is 13.1 Å². The number of aromatic nitrogens is 1. The molecule has 0 aliphatic carbocycles. The zero-order valence-corrected chi connectivity index (χ0v) is 12.2. The van der Waals surface area contributed by atoms with Crippen molar-refractivity contribution in [2.75, 3.05) is 13.6 Å². The fraction of sp³-hybridized carbons (Fsp3) is 0.211. The summed E-state index contributed by atoms with van der Waals surface area (Å²) in [5, 5.41) is 2.48. The van der Waals surface area contributed by atoms with Crippen molar-refractivity contribution in [3.63, 3.8) is 0 Å². The van der Waals surface area contributed by atoms with Crippen molar-refractivity contribution < 1.29 is 0 Å². The number of nitrogens with zero attached hydrogens (tertiary/aromatic N) is 2. The van der Waals surface area contributed by atoms with Crippen LogP contribution in [0.25, 0.3) is 10.8 Å². The van der Waals surface area contributed by atoms with Crippen molar-refractivity contribution in [1.29, 1.82) is 0 Å². The van der Waals surface area contributed by atoms with Gasteiger partial charge in [-0.25, -0.2) is 0 Å². The number of benzene rings is 2. The molecule has 21 heavy (non-hydrogen) atoms. The summed E-state index contributed by atoms with van der Waals surface area (Å²) >= 11 is 0. The van der Waals surface area contributed by atoms with Crippen LogP contribution in [-0.4, -0.2) is 23.5 Å². The second-order valence-electron chi connectivity index (χ2n) is 5.93. The molecule has 0 amide bonds. The highest BCUT2D eigenvalue weighted by Gasteiger charge is 2.24. The van der Waals surface area contributed by atoms with E-state index in [1.807, 2.05) is 12.4 Å². The standard InChI is InChI=1S/C19H18N2/c1-21-12-17-4-2-3-5-18(17)19(13-21)15-6-7-16-11-20-9-8-14(16)10-15/h2-11,19H,12-13H2,1H3/t19-/m1/s1. The molecule has 0 radical (unpaired) electrons. The van der Waals surface area contributed by atoms with E-state index in [9.17, 15) is 0 Å². The number of hydrogen-bond donors (Lipinski definition) is 0. The van der Waals surface area contributed by atoms with Gasteiger partial charge in [0.05, 0.1) is 0 Å². The Hall–Kier alpha value is -2.19. The number of fused-ring (bicyclic) bond motifs is 2. The molecule has 1 aliphatic rings. The molecule has 2 nitrogen and oxygen atoms in total. The highest BCUT2D eigenvalue weighted by atomic mass is 15.1. The summed E-state index contributed by atoms with van der Waals surface area (Å²) in [5.41, 5.74) is 4.32. The van der Waals surface area contributed by atoms with Crippen molar-refractivity contribution in [3.8, 4) is 0 Å². The minimum Gasteiger partial charge on any atom is -0.301 e. The first-order chi connectivity index (χ1) is 10.3. The summed E-state index contributed by atoms with van der Waals surface area (Å²) < 4.78 is 0. The van der Waals surface area contributed by atoms with Gasteiger partial charge < -0.3 is 4.90 Å². The molecular weight excluding hydrogens is 256 g/mol. The fourth-order valence-corrected chi connectivity index (χ4v) is 3.39. The zero-order valence-electron chi connectivity index (χ0n) is 12.2. The van der Waals surface area contributed by atoms with Crippen molar-refractivity contribution >= 4 is 10.8 Å². The third-order valence-corrected chi connectivity index (χ3v) is 4.43. The van der Waals surface area contributed by atoms with Gasteiger partial charge >= 0.3 is 0 Å². The van der Waals surface area contributed by atoms with Crippen LogP contribution in [0.2, 0.25) is 0 Å². The summed E-state index contributed by atoms with van der Waals surface area (Å²) in [4.78, 5) is 6.60. The SMILES string of the molecule is CN1Cc2ccccc2[C@@H](c2ccc3cnccc3c2)C1. The third-order valence-electron chi connectivity index (χ3n) is 4.43. The Morgan fingerprint density at radius 3 is 2.90 bits per heavy atom. The molecule has 0 saturated carbocycles. The lowest BCUT2D eigenvalue weighted by Crippen LogP contribution is -2.30. The average molecular weight is 274 g/mol. The van der Waals surface area contributed by atoms with Crippen molar-refractivity contribution in [2.45, 2.75) is 12.5 Å². The molecule has 2 heteroatoms. The Labute approximate surface area is 125 Å². The maximum absolute atomic E-state index is 4.19. The monoisotopic (exact) mass is 274 g/mol. The van der Waals surface area contributed by atoms with Crippen molar-refractivity contribution in [1.82, 2.24) is 9.88 Å². The first kappa shape index (κ1) is 12.5. The average Bonchev–Trinajstić information content (AvgIpc) is 2.53. The van der Waals surface area contributed by atoms with Crippen LogP contribution in [0.5, 0.6) is 0 Å². The van der Waals surface area contributed by atoms with E-state index in [2.05, 4.69) is 65.5 Å². The Morgan fingerprint density at radius 2 is 1.95 bits per heavy atom. The van der Waals surface area contributed by atoms with Crippen LogP contribution in [-0.2, 0) is 6.54 Å². The molecule has 104 valence electrons. The number of hydrogen-bond acceptors (Lipinski definition) is 2. The molecule has 2 aromatic carbocycles. The molecule has 1 aromatic heterocycles. The van der Waals surface area contributed by atoms with E-state index >= 15 is 0 Å². The molecule has 1 atom stereocenters. The Balaban J connectivity index is 1.84. The van der Waals surface area contributed by atoms with Crippen LogP contribution < -0.4 is 0 Å². The first-order valence-corrected chi connectivity index (χ1v) is 7.41. The van der Waals surface area contributed by atoms with Gasteiger partial charge in [0, 0.05) is 36.8 Å². The van der Waals surface area contributed by atoms with Gasteiger partial charge in [-0.1, -0.05) is 42.5 Å². The second kappa shape index (κ2) is 4.97. The van der Waals surface area contributed by atoms with Crippen LogP contribution in [0.4, 0.5) is 0 Å². The van der Waals surface area contributed by atoms with Crippen LogP contribution in [0.15, 0.2) is 60.9 Å². The van der Waals surface area contributed by atoms with E-state index in [4.69, 9.17) is 0 Å². The zero-order chi connectivity index (χ0) is 14.2. The third kappa shape index (κ3) is 2.22. The van der Waals surface area contributed by atoms with Crippen LogP contribution in [0.1, 0.15) is 22.6 Å². The quantitative estimate of drug-likeness (QED) is 0.671. The normalized spacial score (nSPS) is 18.6. The highest BCUT2D eigenvalue weighted by molar-refractivity contribution is 5.82. The summed E-state index contributed by atoms with van der Waals surface area (Å²) in [6.45, 7) is 2.12. The molecule has 2 heterocycles. The Kier molecular flexibility index (Phi) is 2.97. The molecule has 0 spiro atoms. The van der Waals surface area contributed by atoms with Gasteiger partial charge in [0.25, 0.3) is 0 Å². The molecule has 0 saturated heterocycles. The van der Waals surface area contributed by atoms with Crippen LogP contribution >= 0.6 is 0 Å². The second-order valence-corrected chi connectivity index (χ2v) is 5.93. The van der Waals surface area contributed by atoms with E-state index in [1.54, 1.807) is 0 Å². The summed E-state index contributed by atoms with van der Waals surface area (Å²) in [6.07, 6.45) is 3.80. The van der Waals surface area contributed by atoms with Crippen molar-refractivity contribution in [2.24, 2.45) is 0 Å². The number of likely N-dealkylation sites (N-methyl/N-ethyl adjacent to an activating group) is 1. The van der Waals surface area contributed by atoms with Gasteiger partial charge in [-0.15, -0.1) is 0 Å². The summed E-state index contributed by atoms with van der Waals surface area (Å²) in [5.74, 6) is 0.456. The van der Waals surface area contributed by atoms with Gasteiger partial charge in [0.1, 0.15) is 0 Å². The summed E-state index contributed by atoms with van der Waals surface area (Å²) in [6, 6.07) is 17.7. The smallest absolute Gasteiger partial charge is 0.0346 e. The van der Waals surface area contributed by atoms with E-state index in [-0.39, 0.29) is 0 Å². The Bertz CT molecular complexity index is 794. The Morgan fingerprint density at radius 1 is 1.05 bits per heavy atom. The van der Waals surface area contributed by atoms with Gasteiger partial charge in [-0.2, -0.15) is 0 Å². The fourth-order valence-electron chi connectivity index (χ4n) is 3.39. The molecule has 1 aliphatic heterocycles. The lowest BCUT2D eigenvalue weighted by atomic mass is 9.84. The predicted molar refractivity (Wildman–Crippen MR) is 86.4 cm³/mol. The van der Waals surface area contributed by atoms with Gasteiger partial charge in [-0.3, -0.25) is 4.98 Å². The summed E-state index contributed by atoms with van der Waals surface area (Å²) in [7, 11) is 2.20. The minimum absolute atomic E-state index is 0.456. The molecule has 0 N–H and O–H groups in total. The lowest BCUT2D eigenvalue weighted by molar-refractivity contribution is 0.295. The predicted octanol–water partition coefficient (Wildman–Crippen LogP) is 3.81. The van der Waals surface area contributed by atoms with E-state index < -0.39 is 0 Å². The van der Waals surface area contributed by atoms with Crippen molar-refractivity contribution in [3.05, 3.63) is 77.6 Å². The van der Waals surface area contributed by atoms with Gasteiger partial charge in [0.15, 0.2) is 0 Å². The highest BCUT2D eigenvalue weighted by Crippen LogP contribution is 2.33. The largest absolute Gasteiger partial charge is 0.301 e. The lowest BCUT2D eigenvalue weighted by Gasteiger charge is -2.32. The molecule has 0 unspecified atom stereocenters. The van der Waals surface area contributed by atoms with Gasteiger partial charge in [0.2, 0.25) is 0 Å². The molecule has 3 aromatic rings. The first-order valence-electron chi connectivity index (χ1n) is 7.41. The maximum Gasteiger partial charge on any atom is 0.0346 e. The van der Waals surface area contributed by atoms with Crippen LogP contribution in [0.3, 0.4) is 0 Å². The van der Waals surface area contributed by atoms with Gasteiger partial charge in [-0.05, 0) is 35.2 Å². The molecule has 0 fully saturated rings. The molecular formula is C19H18N2. The van der Waals surface area contributed by atoms with E-state index in [1.165, 1.54) is 27.5 Å². The maximum atomic E-state index is 4.19. The van der Waals surface area contributed by atoms with Crippen LogP contribution in [0, 0.1) is 0 Å². The topological polar surface area (TPSA) is 16.1 Å². The molecule has 0 bridgehead atoms.